The SMILES string of the molecule is NC(=O)NC(=O)[C@H](Sc1nnc(-c2cccnc2)n1C1CC1)c1ccccc1. The van der Waals surface area contributed by atoms with E-state index in [1.807, 2.05) is 42.5 Å². The summed E-state index contributed by atoms with van der Waals surface area (Å²) in [5.74, 6) is 0.234. The summed E-state index contributed by atoms with van der Waals surface area (Å²) in [6.45, 7) is 0. The Labute approximate surface area is 165 Å². The third-order valence-corrected chi connectivity index (χ3v) is 5.52. The minimum Gasteiger partial charge on any atom is -0.351 e. The Bertz CT molecular complexity index is 988. The molecular weight excluding hydrogens is 376 g/mol. The molecule has 0 saturated heterocycles. The largest absolute Gasteiger partial charge is 0.351 e. The molecule has 0 unspecified atom stereocenters. The van der Waals surface area contributed by atoms with Crippen molar-refractivity contribution in [1.29, 1.82) is 0 Å². The highest BCUT2D eigenvalue weighted by molar-refractivity contribution is 8.00. The van der Waals surface area contributed by atoms with E-state index < -0.39 is 17.2 Å². The number of amides is 3. The predicted octanol–water partition coefficient (Wildman–Crippen LogP) is 2.70. The first-order valence-electron chi connectivity index (χ1n) is 8.80. The highest BCUT2D eigenvalue weighted by atomic mass is 32.2. The number of hydrogen-bond donors (Lipinski definition) is 2. The molecule has 2 heterocycles. The van der Waals surface area contributed by atoms with Crippen molar-refractivity contribution >= 4 is 23.7 Å². The Balaban J connectivity index is 1.70. The van der Waals surface area contributed by atoms with Gasteiger partial charge in [0.25, 0.3) is 0 Å². The maximum atomic E-state index is 12.6. The number of rotatable bonds is 6. The zero-order valence-electron chi connectivity index (χ0n) is 14.9. The second-order valence-corrected chi connectivity index (χ2v) is 7.48. The average Bonchev–Trinajstić information content (AvgIpc) is 3.46. The first-order chi connectivity index (χ1) is 13.6. The molecule has 1 aliphatic rings. The Kier molecular flexibility index (Phi) is 5.07. The zero-order valence-corrected chi connectivity index (χ0v) is 15.7. The van der Waals surface area contributed by atoms with E-state index in [0.717, 1.165) is 29.8 Å². The fourth-order valence-corrected chi connectivity index (χ4v) is 4.01. The van der Waals surface area contributed by atoms with Gasteiger partial charge >= 0.3 is 6.03 Å². The van der Waals surface area contributed by atoms with Crippen LogP contribution in [0.1, 0.15) is 29.7 Å². The summed E-state index contributed by atoms with van der Waals surface area (Å²) < 4.78 is 2.05. The summed E-state index contributed by atoms with van der Waals surface area (Å²) in [7, 11) is 0. The van der Waals surface area contributed by atoms with Crippen molar-refractivity contribution in [3.63, 3.8) is 0 Å². The van der Waals surface area contributed by atoms with E-state index in [2.05, 4.69) is 25.1 Å². The van der Waals surface area contributed by atoms with Crippen molar-refractivity contribution in [3.05, 3.63) is 60.4 Å². The smallest absolute Gasteiger partial charge is 0.318 e. The lowest BCUT2D eigenvalue weighted by Crippen LogP contribution is -2.37. The number of benzene rings is 1. The van der Waals surface area contributed by atoms with Gasteiger partial charge in [-0.3, -0.25) is 19.7 Å². The molecule has 0 spiro atoms. The van der Waals surface area contributed by atoms with Crippen LogP contribution in [-0.4, -0.2) is 31.7 Å². The van der Waals surface area contributed by atoms with E-state index in [1.54, 1.807) is 12.4 Å². The molecule has 142 valence electrons. The van der Waals surface area contributed by atoms with Crippen LogP contribution < -0.4 is 11.1 Å². The number of thioether (sulfide) groups is 1. The molecule has 3 amide bonds. The fourth-order valence-electron chi connectivity index (χ4n) is 2.90. The van der Waals surface area contributed by atoms with Crippen LogP contribution in [0.2, 0.25) is 0 Å². The molecule has 1 atom stereocenters. The van der Waals surface area contributed by atoms with Crippen LogP contribution >= 0.6 is 11.8 Å². The van der Waals surface area contributed by atoms with Gasteiger partial charge in [-0.1, -0.05) is 42.1 Å². The van der Waals surface area contributed by atoms with Crippen LogP contribution in [0.3, 0.4) is 0 Å². The molecule has 4 rings (SSSR count). The van der Waals surface area contributed by atoms with Crippen molar-refractivity contribution in [3.8, 4) is 11.4 Å². The van der Waals surface area contributed by atoms with E-state index >= 15 is 0 Å². The second-order valence-electron chi connectivity index (χ2n) is 6.41. The summed E-state index contributed by atoms with van der Waals surface area (Å²) in [6.07, 6.45) is 5.51. The number of primary amides is 1. The summed E-state index contributed by atoms with van der Waals surface area (Å²) in [5.41, 5.74) is 6.77. The van der Waals surface area contributed by atoms with Gasteiger partial charge in [-0.25, -0.2) is 4.79 Å². The van der Waals surface area contributed by atoms with Gasteiger partial charge in [0.1, 0.15) is 5.25 Å². The number of pyridine rings is 1. The molecule has 3 aromatic rings. The second kappa shape index (κ2) is 7.81. The molecule has 9 heteroatoms. The van der Waals surface area contributed by atoms with Gasteiger partial charge in [-0.2, -0.15) is 0 Å². The highest BCUT2D eigenvalue weighted by Crippen LogP contribution is 2.44. The van der Waals surface area contributed by atoms with Gasteiger partial charge in [0.05, 0.1) is 0 Å². The van der Waals surface area contributed by atoms with Crippen LogP contribution in [0.15, 0.2) is 60.0 Å². The summed E-state index contributed by atoms with van der Waals surface area (Å²) in [5, 5.41) is 10.8. The molecule has 2 aromatic heterocycles. The summed E-state index contributed by atoms with van der Waals surface area (Å²) in [6, 6.07) is 12.4. The van der Waals surface area contributed by atoms with Crippen molar-refractivity contribution in [2.45, 2.75) is 29.3 Å². The third-order valence-electron chi connectivity index (χ3n) is 4.31. The first-order valence-corrected chi connectivity index (χ1v) is 9.68. The molecule has 1 fully saturated rings. The number of nitrogens with one attached hydrogen (secondary N) is 1. The molecule has 0 radical (unpaired) electrons. The van der Waals surface area contributed by atoms with Crippen LogP contribution in [-0.2, 0) is 4.79 Å². The topological polar surface area (TPSA) is 116 Å². The number of carbonyl (C=O) groups excluding carboxylic acids is 2. The molecule has 8 nitrogen and oxygen atoms in total. The zero-order chi connectivity index (χ0) is 19.5. The first kappa shape index (κ1) is 18.2. The number of hydrogen-bond acceptors (Lipinski definition) is 6. The van der Waals surface area contributed by atoms with Crippen molar-refractivity contribution in [1.82, 2.24) is 25.1 Å². The van der Waals surface area contributed by atoms with E-state index in [9.17, 15) is 9.59 Å². The van der Waals surface area contributed by atoms with Gasteiger partial charge in [-0.15, -0.1) is 10.2 Å². The van der Waals surface area contributed by atoms with Crippen LogP contribution in [0.25, 0.3) is 11.4 Å². The van der Waals surface area contributed by atoms with Crippen LogP contribution in [0.5, 0.6) is 0 Å². The highest BCUT2D eigenvalue weighted by Gasteiger charge is 2.33. The number of aromatic nitrogens is 4. The van der Waals surface area contributed by atoms with E-state index in [1.165, 1.54) is 11.8 Å². The summed E-state index contributed by atoms with van der Waals surface area (Å²) >= 11 is 1.25. The van der Waals surface area contributed by atoms with Gasteiger partial charge in [0.15, 0.2) is 11.0 Å². The molecule has 1 saturated carbocycles. The maximum absolute atomic E-state index is 12.6. The lowest BCUT2D eigenvalue weighted by Gasteiger charge is -2.16. The molecular formula is C19H18N6O2S. The van der Waals surface area contributed by atoms with Crippen molar-refractivity contribution in [2.24, 2.45) is 5.73 Å². The fraction of sp³-hybridized carbons (Fsp3) is 0.211. The van der Waals surface area contributed by atoms with Crippen LogP contribution in [0.4, 0.5) is 4.79 Å². The Hall–Kier alpha value is -3.20. The minimum atomic E-state index is -0.883. The predicted molar refractivity (Wildman–Crippen MR) is 104 cm³/mol. The Morgan fingerprint density at radius 3 is 2.57 bits per heavy atom. The third kappa shape index (κ3) is 3.89. The molecule has 0 bridgehead atoms. The molecule has 1 aromatic carbocycles. The lowest BCUT2D eigenvalue weighted by molar-refractivity contribution is -0.119. The van der Waals surface area contributed by atoms with Gasteiger partial charge < -0.3 is 5.73 Å². The van der Waals surface area contributed by atoms with E-state index in [4.69, 9.17) is 5.73 Å². The number of urea groups is 1. The average molecular weight is 394 g/mol. The van der Waals surface area contributed by atoms with Crippen molar-refractivity contribution in [2.75, 3.05) is 0 Å². The monoisotopic (exact) mass is 394 g/mol. The molecule has 3 N–H and O–H groups in total. The summed E-state index contributed by atoms with van der Waals surface area (Å²) in [4.78, 5) is 28.0. The van der Waals surface area contributed by atoms with E-state index in [-0.39, 0.29) is 0 Å². The molecule has 1 aliphatic carbocycles. The van der Waals surface area contributed by atoms with Gasteiger partial charge in [0, 0.05) is 24.0 Å². The Morgan fingerprint density at radius 1 is 1.14 bits per heavy atom. The molecule has 0 aliphatic heterocycles. The number of nitrogens with two attached hydrogens (primary N) is 1. The Morgan fingerprint density at radius 2 is 1.93 bits per heavy atom. The molecule has 28 heavy (non-hydrogen) atoms. The van der Waals surface area contributed by atoms with Gasteiger partial charge in [-0.05, 0) is 30.5 Å². The van der Waals surface area contributed by atoms with Crippen molar-refractivity contribution < 1.29 is 9.59 Å². The van der Waals surface area contributed by atoms with Gasteiger partial charge in [0.2, 0.25) is 5.91 Å². The lowest BCUT2D eigenvalue weighted by atomic mass is 10.1. The maximum Gasteiger partial charge on any atom is 0.318 e. The van der Waals surface area contributed by atoms with Crippen LogP contribution in [0, 0.1) is 0 Å². The number of imide groups is 1. The number of carbonyl (C=O) groups is 2. The minimum absolute atomic E-state index is 0.295. The quantitative estimate of drug-likeness (QED) is 0.621. The normalized spacial score (nSPS) is 14.4. The number of nitrogens with zero attached hydrogens (tertiary/aromatic N) is 4. The standard InChI is InChI=1S/C19H18N6O2S/c20-18(27)22-17(26)15(12-5-2-1-3-6-12)28-19-24-23-16(25(19)14-8-9-14)13-7-4-10-21-11-13/h1-7,10-11,14-15H,8-9H2,(H3,20,22,26,27)/t15-/m1/s1. The van der Waals surface area contributed by atoms with E-state index in [0.29, 0.717) is 11.2 Å².